The molecule has 0 aliphatic heterocycles. The van der Waals surface area contributed by atoms with E-state index < -0.39 is 0 Å². The molecule has 1 heteroatoms. The van der Waals surface area contributed by atoms with Gasteiger partial charge in [0.05, 0.1) is 0 Å². The van der Waals surface area contributed by atoms with Crippen LogP contribution < -0.4 is 5.32 Å². The maximum absolute atomic E-state index is 3.74. The van der Waals surface area contributed by atoms with Crippen LogP contribution in [-0.2, 0) is 0 Å². The molecule has 2 rings (SSSR count). The van der Waals surface area contributed by atoms with Gasteiger partial charge in [0, 0.05) is 12.1 Å². The standard InChI is InChI=1S/C15H23N/c1-12(14-8-4-3-5-9-14)16-13(2)15-10-6-7-11-15/h3-5,8-9,12-13,15-16H,6-7,10-11H2,1-2H3/t12?,13-/m1/s1. The predicted octanol–water partition coefficient (Wildman–Crippen LogP) is 3.92. The van der Waals surface area contributed by atoms with Gasteiger partial charge < -0.3 is 5.32 Å². The van der Waals surface area contributed by atoms with Crippen molar-refractivity contribution in [2.24, 2.45) is 5.92 Å². The van der Waals surface area contributed by atoms with Gasteiger partial charge in [-0.15, -0.1) is 0 Å². The van der Waals surface area contributed by atoms with E-state index >= 15 is 0 Å². The maximum atomic E-state index is 3.74. The monoisotopic (exact) mass is 217 g/mol. The van der Waals surface area contributed by atoms with Crippen LogP contribution in [-0.4, -0.2) is 6.04 Å². The van der Waals surface area contributed by atoms with Crippen LogP contribution in [0.3, 0.4) is 0 Å². The van der Waals surface area contributed by atoms with Gasteiger partial charge in [-0.3, -0.25) is 0 Å². The Morgan fingerprint density at radius 2 is 1.69 bits per heavy atom. The van der Waals surface area contributed by atoms with Crippen LogP contribution in [0.1, 0.15) is 51.1 Å². The molecule has 1 fully saturated rings. The molecule has 1 saturated carbocycles. The van der Waals surface area contributed by atoms with Crippen molar-refractivity contribution in [3.63, 3.8) is 0 Å². The predicted molar refractivity (Wildman–Crippen MR) is 69.4 cm³/mol. The van der Waals surface area contributed by atoms with Gasteiger partial charge in [-0.05, 0) is 38.2 Å². The highest BCUT2D eigenvalue weighted by Gasteiger charge is 2.22. The number of benzene rings is 1. The van der Waals surface area contributed by atoms with E-state index in [-0.39, 0.29) is 0 Å². The second-order valence-corrected chi connectivity index (χ2v) is 5.13. The summed E-state index contributed by atoms with van der Waals surface area (Å²) in [5.74, 6) is 0.895. The molecule has 1 unspecified atom stereocenters. The lowest BCUT2D eigenvalue weighted by molar-refractivity contribution is 0.352. The van der Waals surface area contributed by atoms with E-state index in [0.29, 0.717) is 12.1 Å². The van der Waals surface area contributed by atoms with Gasteiger partial charge in [0.1, 0.15) is 0 Å². The lowest BCUT2D eigenvalue weighted by atomic mass is 9.98. The van der Waals surface area contributed by atoms with Crippen molar-refractivity contribution < 1.29 is 0 Å². The van der Waals surface area contributed by atoms with Crippen LogP contribution in [0, 0.1) is 5.92 Å². The van der Waals surface area contributed by atoms with Crippen molar-refractivity contribution in [1.29, 1.82) is 0 Å². The molecule has 0 aromatic heterocycles. The minimum absolute atomic E-state index is 0.469. The smallest absolute Gasteiger partial charge is 0.0294 e. The van der Waals surface area contributed by atoms with Crippen molar-refractivity contribution >= 4 is 0 Å². The summed E-state index contributed by atoms with van der Waals surface area (Å²) in [5, 5.41) is 3.74. The molecule has 1 nitrogen and oxygen atoms in total. The second-order valence-electron chi connectivity index (χ2n) is 5.13. The average Bonchev–Trinajstić information content (AvgIpc) is 2.83. The number of hydrogen-bond acceptors (Lipinski definition) is 1. The van der Waals surface area contributed by atoms with Crippen molar-refractivity contribution in [2.45, 2.75) is 51.6 Å². The van der Waals surface area contributed by atoms with Gasteiger partial charge in [-0.25, -0.2) is 0 Å². The van der Waals surface area contributed by atoms with Crippen LogP contribution in [0.5, 0.6) is 0 Å². The number of rotatable bonds is 4. The van der Waals surface area contributed by atoms with Crippen molar-refractivity contribution in [3.8, 4) is 0 Å². The van der Waals surface area contributed by atoms with Gasteiger partial charge in [0.25, 0.3) is 0 Å². The van der Waals surface area contributed by atoms with E-state index in [1.54, 1.807) is 0 Å². The molecule has 1 aromatic carbocycles. The highest BCUT2D eigenvalue weighted by Crippen LogP contribution is 2.28. The lowest BCUT2D eigenvalue weighted by Crippen LogP contribution is -2.34. The zero-order chi connectivity index (χ0) is 11.4. The Labute approximate surface area is 99.3 Å². The third-order valence-electron chi connectivity index (χ3n) is 3.92. The van der Waals surface area contributed by atoms with Crippen molar-refractivity contribution in [3.05, 3.63) is 35.9 Å². The molecule has 1 aliphatic carbocycles. The first-order chi connectivity index (χ1) is 7.77. The molecule has 0 heterocycles. The molecule has 2 atom stereocenters. The minimum atomic E-state index is 0.469. The van der Waals surface area contributed by atoms with E-state index in [1.807, 2.05) is 0 Å². The Balaban J connectivity index is 1.89. The Morgan fingerprint density at radius 1 is 1.06 bits per heavy atom. The molecule has 1 aromatic rings. The maximum Gasteiger partial charge on any atom is 0.0294 e. The molecule has 0 spiro atoms. The molecule has 1 N–H and O–H groups in total. The van der Waals surface area contributed by atoms with E-state index in [1.165, 1.54) is 31.2 Å². The Bertz CT molecular complexity index is 300. The van der Waals surface area contributed by atoms with Crippen LogP contribution in [0.2, 0.25) is 0 Å². The molecular weight excluding hydrogens is 194 g/mol. The Morgan fingerprint density at radius 3 is 2.31 bits per heavy atom. The van der Waals surface area contributed by atoms with Gasteiger partial charge in [0.15, 0.2) is 0 Å². The first-order valence-electron chi connectivity index (χ1n) is 6.58. The molecule has 0 amide bonds. The van der Waals surface area contributed by atoms with Crippen LogP contribution in [0.15, 0.2) is 30.3 Å². The quantitative estimate of drug-likeness (QED) is 0.806. The third-order valence-corrected chi connectivity index (χ3v) is 3.92. The summed E-state index contributed by atoms with van der Waals surface area (Å²) < 4.78 is 0. The molecule has 88 valence electrons. The van der Waals surface area contributed by atoms with E-state index in [2.05, 4.69) is 49.5 Å². The van der Waals surface area contributed by atoms with Crippen molar-refractivity contribution in [2.75, 3.05) is 0 Å². The molecule has 0 radical (unpaired) electrons. The lowest BCUT2D eigenvalue weighted by Gasteiger charge is -2.25. The highest BCUT2D eigenvalue weighted by molar-refractivity contribution is 5.18. The topological polar surface area (TPSA) is 12.0 Å². The molecule has 0 saturated heterocycles. The van der Waals surface area contributed by atoms with Gasteiger partial charge in [0.2, 0.25) is 0 Å². The average molecular weight is 217 g/mol. The zero-order valence-corrected chi connectivity index (χ0v) is 10.4. The first kappa shape index (κ1) is 11.7. The fraction of sp³-hybridized carbons (Fsp3) is 0.600. The van der Waals surface area contributed by atoms with Crippen LogP contribution in [0.4, 0.5) is 0 Å². The first-order valence-corrected chi connectivity index (χ1v) is 6.58. The van der Waals surface area contributed by atoms with E-state index in [0.717, 1.165) is 5.92 Å². The fourth-order valence-corrected chi connectivity index (χ4v) is 2.83. The number of nitrogens with one attached hydrogen (secondary N) is 1. The Kier molecular flexibility index (Phi) is 4.00. The third kappa shape index (κ3) is 2.85. The van der Waals surface area contributed by atoms with E-state index in [9.17, 15) is 0 Å². The summed E-state index contributed by atoms with van der Waals surface area (Å²) in [4.78, 5) is 0. The molecule has 0 bridgehead atoms. The van der Waals surface area contributed by atoms with E-state index in [4.69, 9.17) is 0 Å². The van der Waals surface area contributed by atoms with Crippen LogP contribution in [0.25, 0.3) is 0 Å². The van der Waals surface area contributed by atoms with Crippen LogP contribution >= 0.6 is 0 Å². The second kappa shape index (κ2) is 5.49. The summed E-state index contributed by atoms with van der Waals surface area (Å²) in [6.07, 6.45) is 5.68. The van der Waals surface area contributed by atoms with Gasteiger partial charge in [-0.2, -0.15) is 0 Å². The van der Waals surface area contributed by atoms with Gasteiger partial charge >= 0.3 is 0 Å². The summed E-state index contributed by atoms with van der Waals surface area (Å²) >= 11 is 0. The minimum Gasteiger partial charge on any atom is -0.307 e. The highest BCUT2D eigenvalue weighted by atomic mass is 14.9. The summed E-state index contributed by atoms with van der Waals surface area (Å²) in [5.41, 5.74) is 1.40. The van der Waals surface area contributed by atoms with Crippen molar-refractivity contribution in [1.82, 2.24) is 5.32 Å². The molecule has 16 heavy (non-hydrogen) atoms. The SMILES string of the molecule is CC(N[C@H](C)C1CCCC1)c1ccccc1. The molecular formula is C15H23N. The summed E-state index contributed by atoms with van der Waals surface area (Å²) in [6, 6.07) is 11.9. The zero-order valence-electron chi connectivity index (χ0n) is 10.4. The normalized spacial score (nSPS) is 20.9. The largest absolute Gasteiger partial charge is 0.307 e. The Hall–Kier alpha value is -0.820. The summed E-state index contributed by atoms with van der Waals surface area (Å²) in [7, 11) is 0. The number of hydrogen-bond donors (Lipinski definition) is 1. The van der Waals surface area contributed by atoms with Gasteiger partial charge in [-0.1, -0.05) is 43.2 Å². The molecule has 1 aliphatic rings. The fourth-order valence-electron chi connectivity index (χ4n) is 2.83. The summed E-state index contributed by atoms with van der Waals surface area (Å²) in [6.45, 7) is 4.61.